The highest BCUT2D eigenvalue weighted by molar-refractivity contribution is 6.15. The highest BCUT2D eigenvalue weighted by Gasteiger charge is 2.07. The van der Waals surface area contributed by atoms with E-state index in [4.69, 9.17) is 0 Å². The lowest BCUT2D eigenvalue weighted by molar-refractivity contribution is 1.22. The van der Waals surface area contributed by atoms with E-state index >= 15 is 0 Å². The first-order chi connectivity index (χ1) is 8.43. The maximum atomic E-state index is 4.68. The van der Waals surface area contributed by atoms with Crippen LogP contribution in [0.15, 0.2) is 48.9 Å². The first kappa shape index (κ1) is 8.70. The Balaban J connectivity index is 2.34. The molecule has 0 amide bonds. The summed E-state index contributed by atoms with van der Waals surface area (Å²) in [4.78, 5) is 12.0. The van der Waals surface area contributed by atoms with Crippen molar-refractivity contribution in [3.8, 4) is 0 Å². The Hall–Kier alpha value is -2.42. The molecule has 17 heavy (non-hydrogen) atoms. The van der Waals surface area contributed by atoms with Crippen LogP contribution in [-0.4, -0.2) is 15.0 Å². The molecule has 0 radical (unpaired) electrons. The molecule has 0 aliphatic rings. The summed E-state index contributed by atoms with van der Waals surface area (Å²) in [6, 6.07) is 12.4. The average molecular weight is 219 g/mol. The zero-order valence-electron chi connectivity index (χ0n) is 9.01. The molecule has 0 atom stereocenters. The zero-order valence-corrected chi connectivity index (χ0v) is 9.01. The number of hydrogen-bond donors (Lipinski definition) is 1. The van der Waals surface area contributed by atoms with Crippen molar-refractivity contribution in [1.82, 2.24) is 15.0 Å². The summed E-state index contributed by atoms with van der Waals surface area (Å²) in [6.07, 6.45) is 3.55. The van der Waals surface area contributed by atoms with Crippen molar-refractivity contribution < 1.29 is 0 Å². The van der Waals surface area contributed by atoms with Crippen molar-refractivity contribution in [1.29, 1.82) is 0 Å². The van der Waals surface area contributed by atoms with Gasteiger partial charge in [-0.1, -0.05) is 30.3 Å². The summed E-state index contributed by atoms with van der Waals surface area (Å²) < 4.78 is 0. The van der Waals surface area contributed by atoms with Gasteiger partial charge < -0.3 is 4.98 Å². The molecule has 2 aromatic carbocycles. The Kier molecular flexibility index (Phi) is 1.56. The zero-order chi connectivity index (χ0) is 11.2. The molecule has 0 aliphatic heterocycles. The summed E-state index contributed by atoms with van der Waals surface area (Å²) in [5, 5.41) is 3.48. The molecule has 0 spiro atoms. The topological polar surface area (TPSA) is 41.6 Å². The number of H-pyrrole nitrogens is 1. The first-order valence-corrected chi connectivity index (χ1v) is 5.53. The largest absolute Gasteiger partial charge is 0.344 e. The van der Waals surface area contributed by atoms with Crippen LogP contribution in [0.1, 0.15) is 0 Å². The third kappa shape index (κ3) is 1.11. The molecule has 0 unspecified atom stereocenters. The monoisotopic (exact) mass is 219 g/mol. The normalized spacial score (nSPS) is 11.5. The van der Waals surface area contributed by atoms with Crippen molar-refractivity contribution in [3.05, 3.63) is 48.9 Å². The van der Waals surface area contributed by atoms with Gasteiger partial charge in [0, 0.05) is 22.4 Å². The number of nitrogens with zero attached hydrogens (tertiary/aromatic N) is 2. The number of hydrogen-bond acceptors (Lipinski definition) is 2. The Labute approximate surface area is 97.1 Å². The SMILES string of the molecule is c1ccc2c(c1)nc1c2ccc2cnc[nH]c21. The maximum Gasteiger partial charge on any atom is 0.0958 e. The van der Waals surface area contributed by atoms with Crippen LogP contribution >= 0.6 is 0 Å². The second kappa shape index (κ2) is 3.04. The third-order valence-corrected chi connectivity index (χ3v) is 3.13. The number of benzene rings is 2. The number of para-hydroxylation sites is 1. The first-order valence-electron chi connectivity index (χ1n) is 5.53. The van der Waals surface area contributed by atoms with Gasteiger partial charge in [0.05, 0.1) is 22.9 Å². The smallest absolute Gasteiger partial charge is 0.0958 e. The number of aromatic amines is 1. The van der Waals surface area contributed by atoms with Gasteiger partial charge in [-0.25, -0.2) is 9.97 Å². The van der Waals surface area contributed by atoms with Gasteiger partial charge in [-0.2, -0.15) is 0 Å². The van der Waals surface area contributed by atoms with Crippen LogP contribution < -0.4 is 0 Å². The Morgan fingerprint density at radius 3 is 2.88 bits per heavy atom. The fraction of sp³-hybridized carbons (Fsp3) is 0. The molecule has 3 heteroatoms. The molecular weight excluding hydrogens is 210 g/mol. The number of nitrogens with one attached hydrogen (secondary N) is 1. The fourth-order valence-electron chi connectivity index (χ4n) is 2.34. The van der Waals surface area contributed by atoms with Crippen LogP contribution in [0.4, 0.5) is 0 Å². The average Bonchev–Trinajstić information content (AvgIpc) is 2.78. The lowest BCUT2D eigenvalue weighted by atomic mass is 10.1. The fourth-order valence-corrected chi connectivity index (χ4v) is 2.34. The molecule has 3 nitrogen and oxygen atoms in total. The second-order valence-electron chi connectivity index (χ2n) is 4.11. The van der Waals surface area contributed by atoms with E-state index in [-0.39, 0.29) is 0 Å². The highest BCUT2D eigenvalue weighted by Crippen LogP contribution is 2.29. The molecule has 0 saturated carbocycles. The van der Waals surface area contributed by atoms with Crippen molar-refractivity contribution in [2.24, 2.45) is 0 Å². The molecule has 1 N–H and O–H groups in total. The quantitative estimate of drug-likeness (QED) is 0.493. The van der Waals surface area contributed by atoms with Crippen LogP contribution in [0, 0.1) is 0 Å². The van der Waals surface area contributed by atoms with E-state index in [9.17, 15) is 0 Å². The summed E-state index contributed by atoms with van der Waals surface area (Å²) in [6.45, 7) is 0. The van der Waals surface area contributed by atoms with Crippen LogP contribution in [0.5, 0.6) is 0 Å². The maximum absolute atomic E-state index is 4.68. The molecule has 0 bridgehead atoms. The van der Waals surface area contributed by atoms with Crippen LogP contribution in [0.2, 0.25) is 0 Å². The minimum absolute atomic E-state index is 1.02. The molecule has 2 heterocycles. The van der Waals surface area contributed by atoms with Crippen LogP contribution in [0.3, 0.4) is 0 Å². The van der Waals surface area contributed by atoms with Gasteiger partial charge in [-0.15, -0.1) is 0 Å². The van der Waals surface area contributed by atoms with Crippen molar-refractivity contribution in [2.75, 3.05) is 0 Å². The lowest BCUT2D eigenvalue weighted by Gasteiger charge is -1.97. The summed E-state index contributed by atoms with van der Waals surface area (Å²) in [7, 11) is 0. The van der Waals surface area contributed by atoms with Crippen LogP contribution in [-0.2, 0) is 0 Å². The van der Waals surface area contributed by atoms with Gasteiger partial charge in [0.1, 0.15) is 0 Å². The van der Waals surface area contributed by atoms with Crippen molar-refractivity contribution in [2.45, 2.75) is 0 Å². The molecule has 2 aromatic heterocycles. The summed E-state index contributed by atoms with van der Waals surface area (Å²) in [5.41, 5.74) is 3.11. The molecule has 4 rings (SSSR count). The minimum Gasteiger partial charge on any atom is -0.344 e. The van der Waals surface area contributed by atoms with Crippen molar-refractivity contribution in [3.63, 3.8) is 0 Å². The number of fused-ring (bicyclic) bond motifs is 5. The molecular formula is C14H9N3. The predicted molar refractivity (Wildman–Crippen MR) is 68.9 cm³/mol. The van der Waals surface area contributed by atoms with Crippen LogP contribution in [0.25, 0.3) is 32.7 Å². The van der Waals surface area contributed by atoms with E-state index < -0.39 is 0 Å². The number of rotatable bonds is 0. The lowest BCUT2D eigenvalue weighted by Crippen LogP contribution is -1.81. The molecule has 0 aliphatic carbocycles. The highest BCUT2D eigenvalue weighted by atomic mass is 14.8. The number of aromatic nitrogens is 3. The molecule has 0 saturated heterocycles. The Morgan fingerprint density at radius 1 is 0.941 bits per heavy atom. The van der Waals surface area contributed by atoms with E-state index in [0.717, 1.165) is 21.9 Å². The van der Waals surface area contributed by atoms with Gasteiger partial charge in [-0.05, 0) is 6.07 Å². The van der Waals surface area contributed by atoms with Crippen molar-refractivity contribution >= 4 is 32.7 Å². The minimum atomic E-state index is 1.02. The van der Waals surface area contributed by atoms with E-state index in [2.05, 4.69) is 33.2 Å². The molecule has 0 fully saturated rings. The Morgan fingerprint density at radius 2 is 1.88 bits per heavy atom. The van der Waals surface area contributed by atoms with Gasteiger partial charge in [0.15, 0.2) is 0 Å². The van der Waals surface area contributed by atoms with E-state index in [0.29, 0.717) is 0 Å². The predicted octanol–water partition coefficient (Wildman–Crippen LogP) is 3.26. The van der Waals surface area contributed by atoms with Gasteiger partial charge >= 0.3 is 0 Å². The van der Waals surface area contributed by atoms with E-state index in [1.165, 1.54) is 10.8 Å². The third-order valence-electron chi connectivity index (χ3n) is 3.13. The molecule has 4 aromatic rings. The summed E-state index contributed by atoms with van der Waals surface area (Å²) >= 11 is 0. The van der Waals surface area contributed by atoms with Gasteiger partial charge in [0.2, 0.25) is 0 Å². The summed E-state index contributed by atoms with van der Waals surface area (Å²) in [5.74, 6) is 0. The Bertz CT molecular complexity index is 846. The second-order valence-corrected chi connectivity index (χ2v) is 4.11. The standard InChI is InChI=1S/C14H9N3/c1-2-4-12-10(3-1)11-6-5-9-7-15-8-16-13(9)14(11)17-12/h1-8H,(H,15,16). The van der Waals surface area contributed by atoms with Gasteiger partial charge in [0.25, 0.3) is 0 Å². The van der Waals surface area contributed by atoms with Gasteiger partial charge in [-0.3, -0.25) is 0 Å². The van der Waals surface area contributed by atoms with E-state index in [1.807, 2.05) is 24.4 Å². The van der Waals surface area contributed by atoms with E-state index in [1.54, 1.807) is 6.33 Å². The molecule has 80 valence electrons.